The maximum Gasteiger partial charge on any atom is 0.0907 e. The van der Waals surface area contributed by atoms with Crippen molar-refractivity contribution in [3.63, 3.8) is 0 Å². The molecule has 0 aliphatic heterocycles. The summed E-state index contributed by atoms with van der Waals surface area (Å²) in [6.07, 6.45) is 3.94. The van der Waals surface area contributed by atoms with Crippen molar-refractivity contribution in [3.8, 4) is 0 Å². The number of hydrogen-bond donors (Lipinski definition) is 0. The number of aryl methyl sites for hydroxylation is 1. The first kappa shape index (κ1) is 10.1. The molecule has 15 heavy (non-hydrogen) atoms. The van der Waals surface area contributed by atoms with E-state index in [2.05, 4.69) is 35.8 Å². The standard InChI is InChI=1S/C13H13NS/c1-4-10(5-2)11-6-7-13-12(8-11)14-9(3)15-13/h4-8H,1H2,2-3H3/b10-5+. The molecule has 1 aromatic carbocycles. The lowest BCUT2D eigenvalue weighted by Gasteiger charge is -2.00. The van der Waals surface area contributed by atoms with Gasteiger partial charge in [-0.25, -0.2) is 4.98 Å². The highest BCUT2D eigenvalue weighted by atomic mass is 32.1. The van der Waals surface area contributed by atoms with Gasteiger partial charge < -0.3 is 0 Å². The summed E-state index contributed by atoms with van der Waals surface area (Å²) in [5.41, 5.74) is 3.42. The molecular formula is C13H13NS. The zero-order valence-corrected chi connectivity index (χ0v) is 9.77. The number of hydrogen-bond acceptors (Lipinski definition) is 2. The molecule has 0 saturated carbocycles. The first-order valence-corrected chi connectivity index (χ1v) is 5.72. The fourth-order valence-electron chi connectivity index (χ4n) is 1.62. The molecule has 76 valence electrons. The van der Waals surface area contributed by atoms with Crippen LogP contribution in [-0.4, -0.2) is 4.98 Å². The molecule has 0 amide bonds. The van der Waals surface area contributed by atoms with Gasteiger partial charge in [-0.2, -0.15) is 0 Å². The number of rotatable bonds is 2. The molecule has 0 spiro atoms. The van der Waals surface area contributed by atoms with E-state index in [9.17, 15) is 0 Å². The van der Waals surface area contributed by atoms with Crippen molar-refractivity contribution in [1.29, 1.82) is 0 Å². The lowest BCUT2D eigenvalue weighted by atomic mass is 10.1. The number of benzene rings is 1. The first-order chi connectivity index (χ1) is 7.24. The summed E-state index contributed by atoms with van der Waals surface area (Å²) in [5.74, 6) is 0. The Morgan fingerprint density at radius 3 is 2.93 bits per heavy atom. The van der Waals surface area contributed by atoms with Crippen molar-refractivity contribution >= 4 is 27.1 Å². The number of fused-ring (bicyclic) bond motifs is 1. The van der Waals surface area contributed by atoms with Gasteiger partial charge in [0.1, 0.15) is 0 Å². The van der Waals surface area contributed by atoms with Crippen LogP contribution in [-0.2, 0) is 0 Å². The topological polar surface area (TPSA) is 12.9 Å². The van der Waals surface area contributed by atoms with E-state index in [1.807, 2.05) is 19.9 Å². The lowest BCUT2D eigenvalue weighted by Crippen LogP contribution is -1.80. The van der Waals surface area contributed by atoms with Crippen molar-refractivity contribution in [2.45, 2.75) is 13.8 Å². The average molecular weight is 215 g/mol. The Hall–Kier alpha value is -1.41. The van der Waals surface area contributed by atoms with E-state index in [0.717, 1.165) is 16.1 Å². The SMILES string of the molecule is C=C/C(=C\C)c1ccc2sc(C)nc2c1. The molecule has 0 fully saturated rings. The van der Waals surface area contributed by atoms with Crippen LogP contribution in [0.1, 0.15) is 17.5 Å². The minimum atomic E-state index is 1.08. The molecule has 2 rings (SSSR count). The predicted molar refractivity (Wildman–Crippen MR) is 68.2 cm³/mol. The summed E-state index contributed by atoms with van der Waals surface area (Å²) < 4.78 is 1.25. The number of thiazole rings is 1. The third-order valence-corrected chi connectivity index (χ3v) is 3.31. The number of nitrogens with zero attached hydrogens (tertiary/aromatic N) is 1. The van der Waals surface area contributed by atoms with Crippen LogP contribution in [0.25, 0.3) is 15.8 Å². The monoisotopic (exact) mass is 215 g/mol. The Morgan fingerprint density at radius 2 is 2.27 bits per heavy atom. The van der Waals surface area contributed by atoms with E-state index < -0.39 is 0 Å². The molecule has 0 saturated heterocycles. The van der Waals surface area contributed by atoms with Gasteiger partial charge in [-0.15, -0.1) is 11.3 Å². The smallest absolute Gasteiger partial charge is 0.0907 e. The molecule has 0 bridgehead atoms. The third kappa shape index (κ3) is 1.85. The van der Waals surface area contributed by atoms with Crippen LogP contribution in [0.2, 0.25) is 0 Å². The molecule has 0 unspecified atom stereocenters. The van der Waals surface area contributed by atoms with Gasteiger partial charge in [-0.1, -0.05) is 24.8 Å². The Kier molecular flexibility index (Phi) is 2.69. The second-order valence-corrected chi connectivity index (χ2v) is 4.60. The van der Waals surface area contributed by atoms with E-state index >= 15 is 0 Å². The number of allylic oxidation sites excluding steroid dienone is 3. The Balaban J connectivity index is 2.59. The summed E-state index contributed by atoms with van der Waals surface area (Å²) in [5, 5.41) is 1.11. The quantitative estimate of drug-likeness (QED) is 0.684. The zero-order valence-electron chi connectivity index (χ0n) is 8.95. The second kappa shape index (κ2) is 3.99. The van der Waals surface area contributed by atoms with Crippen LogP contribution in [0.5, 0.6) is 0 Å². The van der Waals surface area contributed by atoms with Gasteiger partial charge >= 0.3 is 0 Å². The molecule has 0 atom stereocenters. The summed E-state index contributed by atoms with van der Waals surface area (Å²) >= 11 is 1.73. The second-order valence-electron chi connectivity index (χ2n) is 3.36. The fourth-order valence-corrected chi connectivity index (χ4v) is 2.43. The van der Waals surface area contributed by atoms with Gasteiger partial charge in [-0.05, 0) is 37.1 Å². The minimum Gasteiger partial charge on any atom is -0.241 e. The van der Waals surface area contributed by atoms with Crippen LogP contribution in [0.15, 0.2) is 36.9 Å². The molecule has 0 aliphatic rings. The lowest BCUT2D eigenvalue weighted by molar-refractivity contribution is 1.34. The van der Waals surface area contributed by atoms with Crippen molar-refractivity contribution < 1.29 is 0 Å². The molecule has 1 nitrogen and oxygen atoms in total. The molecule has 1 aromatic heterocycles. The van der Waals surface area contributed by atoms with Gasteiger partial charge in [0.25, 0.3) is 0 Å². The van der Waals surface area contributed by atoms with Gasteiger partial charge in [0.05, 0.1) is 15.2 Å². The van der Waals surface area contributed by atoms with Crippen molar-refractivity contribution in [2.24, 2.45) is 0 Å². The van der Waals surface area contributed by atoms with Crippen LogP contribution in [0.3, 0.4) is 0 Å². The van der Waals surface area contributed by atoms with E-state index in [1.165, 1.54) is 10.3 Å². The average Bonchev–Trinajstić information content (AvgIpc) is 2.59. The molecule has 2 aromatic rings. The summed E-state index contributed by atoms with van der Waals surface area (Å²) in [4.78, 5) is 4.48. The Morgan fingerprint density at radius 1 is 1.47 bits per heavy atom. The maximum absolute atomic E-state index is 4.48. The highest BCUT2D eigenvalue weighted by Gasteiger charge is 2.02. The third-order valence-electron chi connectivity index (χ3n) is 2.36. The van der Waals surface area contributed by atoms with Gasteiger partial charge in [-0.3, -0.25) is 0 Å². The highest BCUT2D eigenvalue weighted by molar-refractivity contribution is 7.18. The van der Waals surface area contributed by atoms with E-state index in [0.29, 0.717) is 0 Å². The maximum atomic E-state index is 4.48. The number of aromatic nitrogens is 1. The van der Waals surface area contributed by atoms with E-state index in [-0.39, 0.29) is 0 Å². The predicted octanol–water partition coefficient (Wildman–Crippen LogP) is 4.19. The summed E-state index contributed by atoms with van der Waals surface area (Å²) in [6, 6.07) is 6.37. The molecule has 0 radical (unpaired) electrons. The zero-order chi connectivity index (χ0) is 10.8. The van der Waals surface area contributed by atoms with Crippen LogP contribution in [0.4, 0.5) is 0 Å². The largest absolute Gasteiger partial charge is 0.241 e. The van der Waals surface area contributed by atoms with Gasteiger partial charge in [0.2, 0.25) is 0 Å². The summed E-state index contributed by atoms with van der Waals surface area (Å²) in [7, 11) is 0. The molecular weight excluding hydrogens is 202 g/mol. The first-order valence-electron chi connectivity index (χ1n) is 4.91. The van der Waals surface area contributed by atoms with Gasteiger partial charge in [0, 0.05) is 0 Å². The van der Waals surface area contributed by atoms with Crippen LogP contribution in [0, 0.1) is 6.92 Å². The van der Waals surface area contributed by atoms with E-state index in [4.69, 9.17) is 0 Å². The van der Waals surface area contributed by atoms with Crippen molar-refractivity contribution in [3.05, 3.63) is 47.5 Å². The fraction of sp³-hybridized carbons (Fsp3) is 0.154. The van der Waals surface area contributed by atoms with Crippen molar-refractivity contribution in [2.75, 3.05) is 0 Å². The normalized spacial score (nSPS) is 12.0. The van der Waals surface area contributed by atoms with E-state index in [1.54, 1.807) is 11.3 Å². The highest BCUT2D eigenvalue weighted by Crippen LogP contribution is 2.25. The minimum absolute atomic E-state index is 1.08. The van der Waals surface area contributed by atoms with Gasteiger partial charge in [0.15, 0.2) is 0 Å². The molecule has 0 aliphatic carbocycles. The summed E-state index contributed by atoms with van der Waals surface area (Å²) in [6.45, 7) is 7.86. The molecule has 1 heterocycles. The van der Waals surface area contributed by atoms with Crippen LogP contribution < -0.4 is 0 Å². The Labute approximate surface area is 93.8 Å². The molecule has 2 heteroatoms. The van der Waals surface area contributed by atoms with Crippen LogP contribution >= 0.6 is 11.3 Å². The Bertz CT molecular complexity index is 534. The molecule has 0 N–H and O–H groups in total. The van der Waals surface area contributed by atoms with Crippen molar-refractivity contribution in [1.82, 2.24) is 4.98 Å².